The molecule has 0 aliphatic heterocycles. The summed E-state index contributed by atoms with van der Waals surface area (Å²) in [6, 6.07) is 0.894. The summed E-state index contributed by atoms with van der Waals surface area (Å²) in [6.07, 6.45) is 0. The zero-order valence-corrected chi connectivity index (χ0v) is 9.55. The first-order chi connectivity index (χ1) is 8.76. The first kappa shape index (κ1) is 16.2. The molecule has 0 amide bonds. The number of benzene rings is 1. The molecule has 0 atom stereocenters. The van der Waals surface area contributed by atoms with E-state index in [9.17, 15) is 30.3 Å². The second-order valence-electron chi connectivity index (χ2n) is 2.92. The van der Waals surface area contributed by atoms with Crippen LogP contribution in [0.5, 0.6) is 5.75 Å². The topological polar surface area (TPSA) is 170 Å². The van der Waals surface area contributed by atoms with Gasteiger partial charge in [0, 0.05) is 6.61 Å². The van der Waals surface area contributed by atoms with Gasteiger partial charge >= 0.3 is 11.4 Å². The number of phenols is 1. The predicted octanol–water partition coefficient (Wildman–Crippen LogP) is 1.12. The summed E-state index contributed by atoms with van der Waals surface area (Å²) < 4.78 is 0. The van der Waals surface area contributed by atoms with E-state index in [1.807, 2.05) is 0 Å². The number of non-ortho nitro benzene ring substituents is 1. The maximum Gasteiger partial charge on any atom is 0.324 e. The Labute approximate surface area is 105 Å². The standard InChI is InChI=1S/C6H3N3O7.C2H6O/c10-6-4(8(13)14)1-3(7(11)12)2-5(6)9(15)16;1-2-3/h1-2,10H;3H,2H2,1H3. The first-order valence-electron chi connectivity index (χ1n) is 4.67. The monoisotopic (exact) mass is 275 g/mol. The molecule has 2 N–H and O–H groups in total. The second-order valence-corrected chi connectivity index (χ2v) is 2.92. The molecule has 0 saturated heterocycles. The minimum atomic E-state index is -1.21. The third-order valence-electron chi connectivity index (χ3n) is 1.66. The van der Waals surface area contributed by atoms with Gasteiger partial charge in [-0.2, -0.15) is 0 Å². The van der Waals surface area contributed by atoms with E-state index >= 15 is 0 Å². The summed E-state index contributed by atoms with van der Waals surface area (Å²) in [4.78, 5) is 27.8. The SMILES string of the molecule is CCO.O=[N+]([O-])c1cc([N+](=O)[O-])c(O)c([N+](=O)[O-])c1. The van der Waals surface area contributed by atoms with Crippen LogP contribution in [-0.4, -0.2) is 31.6 Å². The van der Waals surface area contributed by atoms with E-state index in [-0.39, 0.29) is 6.61 Å². The van der Waals surface area contributed by atoms with Crippen molar-refractivity contribution in [1.82, 2.24) is 0 Å². The van der Waals surface area contributed by atoms with Crippen LogP contribution in [0.15, 0.2) is 12.1 Å². The van der Waals surface area contributed by atoms with Crippen LogP contribution in [0.1, 0.15) is 6.92 Å². The van der Waals surface area contributed by atoms with Gasteiger partial charge in [0.1, 0.15) is 0 Å². The van der Waals surface area contributed by atoms with Gasteiger partial charge in [-0.05, 0) is 6.92 Å². The molecule has 0 heterocycles. The van der Waals surface area contributed by atoms with Gasteiger partial charge in [-0.1, -0.05) is 0 Å². The predicted molar refractivity (Wildman–Crippen MR) is 60.8 cm³/mol. The fourth-order valence-corrected chi connectivity index (χ4v) is 0.974. The average Bonchev–Trinajstić information content (AvgIpc) is 2.29. The van der Waals surface area contributed by atoms with Crippen molar-refractivity contribution in [3.05, 3.63) is 42.5 Å². The van der Waals surface area contributed by atoms with Gasteiger partial charge in [-0.15, -0.1) is 0 Å². The van der Waals surface area contributed by atoms with Gasteiger partial charge in [-0.25, -0.2) is 0 Å². The lowest BCUT2D eigenvalue weighted by atomic mass is 10.2. The summed E-state index contributed by atoms with van der Waals surface area (Å²) in [5, 5.41) is 47.8. The largest absolute Gasteiger partial charge is 0.497 e. The molecule has 11 heteroatoms. The second kappa shape index (κ2) is 6.80. The number of nitro benzene ring substituents is 3. The Bertz CT molecular complexity index is 480. The van der Waals surface area contributed by atoms with Crippen molar-refractivity contribution in [1.29, 1.82) is 0 Å². The Morgan fingerprint density at radius 1 is 1.00 bits per heavy atom. The van der Waals surface area contributed by atoms with Crippen LogP contribution >= 0.6 is 0 Å². The van der Waals surface area contributed by atoms with E-state index in [1.54, 1.807) is 6.92 Å². The van der Waals surface area contributed by atoms with Crippen LogP contribution in [0.4, 0.5) is 17.1 Å². The summed E-state index contributed by atoms with van der Waals surface area (Å²) in [6.45, 7) is 1.93. The maximum atomic E-state index is 10.4. The number of nitro groups is 3. The summed E-state index contributed by atoms with van der Waals surface area (Å²) in [5.74, 6) is -1.21. The summed E-state index contributed by atoms with van der Waals surface area (Å²) in [7, 11) is 0. The van der Waals surface area contributed by atoms with E-state index in [1.165, 1.54) is 0 Å². The molecule has 0 fully saturated rings. The third-order valence-corrected chi connectivity index (χ3v) is 1.66. The van der Waals surface area contributed by atoms with Gasteiger partial charge in [0.15, 0.2) is 0 Å². The van der Waals surface area contributed by atoms with Crippen molar-refractivity contribution in [3.8, 4) is 5.75 Å². The van der Waals surface area contributed by atoms with Crippen LogP contribution in [0.25, 0.3) is 0 Å². The van der Waals surface area contributed by atoms with Gasteiger partial charge in [-0.3, -0.25) is 30.3 Å². The number of aliphatic hydroxyl groups is 1. The minimum absolute atomic E-state index is 0.250. The zero-order valence-electron chi connectivity index (χ0n) is 9.55. The Balaban J connectivity index is 0.000000982. The highest BCUT2D eigenvalue weighted by molar-refractivity contribution is 5.64. The van der Waals surface area contributed by atoms with Crippen molar-refractivity contribution in [2.45, 2.75) is 6.92 Å². The Morgan fingerprint density at radius 3 is 1.53 bits per heavy atom. The van der Waals surface area contributed by atoms with Crippen LogP contribution in [0.2, 0.25) is 0 Å². The molecular weight excluding hydrogens is 266 g/mol. The normalized spacial score (nSPS) is 9.16. The molecule has 104 valence electrons. The van der Waals surface area contributed by atoms with Gasteiger partial charge < -0.3 is 10.2 Å². The van der Waals surface area contributed by atoms with E-state index < -0.39 is 37.6 Å². The highest BCUT2D eigenvalue weighted by atomic mass is 16.6. The van der Waals surface area contributed by atoms with Gasteiger partial charge in [0.05, 0.1) is 26.9 Å². The molecule has 1 rings (SSSR count). The molecular formula is C8H9N3O8. The lowest BCUT2D eigenvalue weighted by molar-refractivity contribution is -0.404. The van der Waals surface area contributed by atoms with Crippen LogP contribution in [0, 0.1) is 30.3 Å². The lowest BCUT2D eigenvalue weighted by Crippen LogP contribution is -1.97. The maximum absolute atomic E-state index is 10.4. The van der Waals surface area contributed by atoms with E-state index in [4.69, 9.17) is 10.2 Å². The van der Waals surface area contributed by atoms with Crippen molar-refractivity contribution in [2.75, 3.05) is 6.61 Å². The fourth-order valence-electron chi connectivity index (χ4n) is 0.974. The van der Waals surface area contributed by atoms with E-state index in [0.717, 1.165) is 0 Å². The summed E-state index contributed by atoms with van der Waals surface area (Å²) in [5.41, 5.74) is -3.00. The highest BCUT2D eigenvalue weighted by Gasteiger charge is 2.29. The van der Waals surface area contributed by atoms with E-state index in [0.29, 0.717) is 12.1 Å². The van der Waals surface area contributed by atoms with E-state index in [2.05, 4.69) is 0 Å². The molecule has 1 aromatic carbocycles. The molecule has 0 spiro atoms. The Hall–Kier alpha value is -2.82. The van der Waals surface area contributed by atoms with Gasteiger partial charge in [0.2, 0.25) is 0 Å². The lowest BCUT2D eigenvalue weighted by Gasteiger charge is -1.97. The number of nitrogens with zero attached hydrogens (tertiary/aromatic N) is 3. The molecule has 0 bridgehead atoms. The number of hydrogen-bond acceptors (Lipinski definition) is 8. The third kappa shape index (κ3) is 4.16. The molecule has 11 nitrogen and oxygen atoms in total. The van der Waals surface area contributed by atoms with Crippen molar-refractivity contribution < 1.29 is 25.0 Å². The van der Waals surface area contributed by atoms with Crippen molar-refractivity contribution in [2.24, 2.45) is 0 Å². The number of hydrogen-bond donors (Lipinski definition) is 2. The number of aromatic hydroxyl groups is 1. The average molecular weight is 275 g/mol. The quantitative estimate of drug-likeness (QED) is 0.610. The molecule has 0 aliphatic rings. The van der Waals surface area contributed by atoms with Crippen molar-refractivity contribution in [3.63, 3.8) is 0 Å². The molecule has 0 saturated carbocycles. The highest BCUT2D eigenvalue weighted by Crippen LogP contribution is 2.38. The number of aliphatic hydroxyl groups excluding tert-OH is 1. The molecule has 1 aromatic rings. The number of phenolic OH excluding ortho intramolecular Hbond substituents is 1. The smallest absolute Gasteiger partial charge is 0.324 e. The summed E-state index contributed by atoms with van der Waals surface area (Å²) >= 11 is 0. The molecule has 0 radical (unpaired) electrons. The first-order valence-corrected chi connectivity index (χ1v) is 4.67. The minimum Gasteiger partial charge on any atom is -0.497 e. The molecule has 0 aromatic heterocycles. The zero-order chi connectivity index (χ0) is 15.2. The number of rotatable bonds is 3. The molecule has 19 heavy (non-hydrogen) atoms. The fraction of sp³-hybridized carbons (Fsp3) is 0.250. The van der Waals surface area contributed by atoms with Crippen molar-refractivity contribution >= 4 is 17.1 Å². The van der Waals surface area contributed by atoms with Crippen LogP contribution in [-0.2, 0) is 0 Å². The van der Waals surface area contributed by atoms with Crippen LogP contribution in [0.3, 0.4) is 0 Å². The molecule has 0 unspecified atom stereocenters. The Morgan fingerprint density at radius 2 is 1.32 bits per heavy atom. The Kier molecular flexibility index (Phi) is 5.79. The van der Waals surface area contributed by atoms with Gasteiger partial charge in [0.25, 0.3) is 11.4 Å². The molecule has 0 aliphatic carbocycles. The van der Waals surface area contributed by atoms with Crippen LogP contribution < -0.4 is 0 Å².